The van der Waals surface area contributed by atoms with Gasteiger partial charge in [-0.1, -0.05) is 0 Å². The van der Waals surface area contributed by atoms with Crippen LogP contribution in [0.4, 0.5) is 17.6 Å². The van der Waals surface area contributed by atoms with Gasteiger partial charge in [-0.2, -0.15) is 0 Å². The summed E-state index contributed by atoms with van der Waals surface area (Å²) in [5.74, 6) is -6.58. The highest BCUT2D eigenvalue weighted by Crippen LogP contribution is 2.48. The molecule has 8 heteroatoms. The lowest BCUT2D eigenvalue weighted by atomic mass is 9.77. The predicted octanol–water partition coefficient (Wildman–Crippen LogP) is 3.50. The van der Waals surface area contributed by atoms with Crippen LogP contribution < -0.4 is 5.32 Å². The first-order valence-corrected chi connectivity index (χ1v) is 7.19. The molecule has 1 aromatic rings. The molecule has 0 radical (unpaired) electrons. The molecule has 1 atom stereocenters. The first kappa shape index (κ1) is 17.2. The van der Waals surface area contributed by atoms with Crippen LogP contribution in [0.15, 0.2) is 16.6 Å². The molecule has 1 aromatic carbocycles. The maximum atomic E-state index is 14.9. The van der Waals surface area contributed by atoms with Crippen molar-refractivity contribution in [2.24, 2.45) is 0 Å². The summed E-state index contributed by atoms with van der Waals surface area (Å²) in [6.07, 6.45) is 0. The number of benzene rings is 1. The van der Waals surface area contributed by atoms with Crippen LogP contribution in [0.1, 0.15) is 26.3 Å². The minimum Gasteiger partial charge on any atom is -0.359 e. The van der Waals surface area contributed by atoms with Gasteiger partial charge in [0.1, 0.15) is 29.4 Å². The van der Waals surface area contributed by atoms with E-state index in [0.29, 0.717) is 6.07 Å². The Labute approximate surface area is 133 Å². The normalized spacial score (nSPS) is 27.2. The molecule has 0 aromatic heterocycles. The zero-order valence-electron chi connectivity index (χ0n) is 12.1. The average Bonchev–Trinajstić information content (AvgIpc) is 2.44. The Bertz CT molecular complexity index is 636. The minimum atomic E-state index is -3.66. The fourth-order valence-electron chi connectivity index (χ4n) is 2.47. The highest BCUT2D eigenvalue weighted by atomic mass is 79.9. The van der Waals surface area contributed by atoms with Crippen molar-refractivity contribution in [3.8, 4) is 0 Å². The molecule has 1 aliphatic rings. The van der Waals surface area contributed by atoms with Gasteiger partial charge in [0.2, 0.25) is 5.91 Å². The third-order valence-electron chi connectivity index (χ3n) is 3.89. The van der Waals surface area contributed by atoms with E-state index >= 15 is 0 Å². The number of carbonyl (C=O) groups excluding carboxylic acids is 1. The van der Waals surface area contributed by atoms with Crippen LogP contribution >= 0.6 is 15.9 Å². The van der Waals surface area contributed by atoms with E-state index < -0.39 is 46.8 Å². The summed E-state index contributed by atoms with van der Waals surface area (Å²) >= 11 is 2.84. The molecule has 22 heavy (non-hydrogen) atoms. The number of halogens is 5. The molecule has 3 nitrogen and oxygen atoms in total. The lowest BCUT2D eigenvalue weighted by Gasteiger charge is -2.43. The smallest absolute Gasteiger partial charge is 0.302 e. The summed E-state index contributed by atoms with van der Waals surface area (Å²) in [6.45, 7) is 2.64. The van der Waals surface area contributed by atoms with Gasteiger partial charge in [0, 0.05) is 11.6 Å². The van der Waals surface area contributed by atoms with E-state index in [1.807, 2.05) is 0 Å². The Morgan fingerprint density at radius 1 is 1.18 bits per heavy atom. The number of hydrogen-bond acceptors (Lipinski definition) is 2. The van der Waals surface area contributed by atoms with Gasteiger partial charge in [-0.25, -0.2) is 17.6 Å². The van der Waals surface area contributed by atoms with Gasteiger partial charge in [-0.05, 0) is 42.8 Å². The summed E-state index contributed by atoms with van der Waals surface area (Å²) in [5.41, 5.74) is -4.96. The molecule has 1 N–H and O–H groups in total. The second-order valence-electron chi connectivity index (χ2n) is 5.79. The van der Waals surface area contributed by atoms with E-state index in [9.17, 15) is 22.4 Å². The average molecular weight is 384 g/mol. The van der Waals surface area contributed by atoms with Gasteiger partial charge in [0.15, 0.2) is 0 Å². The minimum absolute atomic E-state index is 0.182. The third-order valence-corrected chi connectivity index (χ3v) is 4.49. The van der Waals surface area contributed by atoms with Crippen molar-refractivity contribution >= 4 is 21.8 Å². The number of hydrogen-bond donors (Lipinski definition) is 1. The summed E-state index contributed by atoms with van der Waals surface area (Å²) in [4.78, 5) is 11.7. The molecule has 0 spiro atoms. The fraction of sp³-hybridized carbons (Fsp3) is 0.500. The lowest BCUT2D eigenvalue weighted by Crippen LogP contribution is -2.62. The van der Waals surface area contributed by atoms with E-state index in [1.165, 1.54) is 0 Å². The first-order chi connectivity index (χ1) is 9.92. The number of rotatable bonds is 1. The second kappa shape index (κ2) is 5.19. The standard InChI is InChI=1S/C14H14BrF4NO2/c1-12(2)14(18,19)13(3,20-11(21)6-22-12)7-4-8(15)10(17)5-9(7)16/h4-5H,6H2,1-3H3,(H,20,21)/t13-/m1/s1. The topological polar surface area (TPSA) is 38.3 Å². The summed E-state index contributed by atoms with van der Waals surface area (Å²) in [7, 11) is 0. The van der Waals surface area contributed by atoms with Crippen LogP contribution in [-0.4, -0.2) is 24.0 Å². The highest BCUT2D eigenvalue weighted by Gasteiger charge is 2.64. The van der Waals surface area contributed by atoms with E-state index in [1.54, 1.807) is 0 Å². The highest BCUT2D eigenvalue weighted by molar-refractivity contribution is 9.10. The number of amides is 1. The van der Waals surface area contributed by atoms with Gasteiger partial charge in [-0.3, -0.25) is 4.79 Å². The van der Waals surface area contributed by atoms with E-state index in [-0.39, 0.29) is 4.47 Å². The van der Waals surface area contributed by atoms with Crippen LogP contribution in [0.25, 0.3) is 0 Å². The molecule has 122 valence electrons. The maximum Gasteiger partial charge on any atom is 0.302 e. The molecule has 0 saturated carbocycles. The molecular weight excluding hydrogens is 370 g/mol. The summed E-state index contributed by atoms with van der Waals surface area (Å²) in [6, 6.07) is 1.39. The fourth-order valence-corrected chi connectivity index (χ4v) is 2.82. The maximum absolute atomic E-state index is 14.9. The van der Waals surface area contributed by atoms with Crippen molar-refractivity contribution in [3.63, 3.8) is 0 Å². The lowest BCUT2D eigenvalue weighted by molar-refractivity contribution is -0.216. The largest absolute Gasteiger partial charge is 0.359 e. The van der Waals surface area contributed by atoms with E-state index in [0.717, 1.165) is 26.8 Å². The molecular formula is C14H14BrF4NO2. The van der Waals surface area contributed by atoms with E-state index in [4.69, 9.17) is 4.74 Å². The Morgan fingerprint density at radius 2 is 1.77 bits per heavy atom. The molecule has 1 saturated heterocycles. The Kier molecular flexibility index (Phi) is 4.06. The van der Waals surface area contributed by atoms with Gasteiger partial charge in [0.25, 0.3) is 0 Å². The van der Waals surface area contributed by atoms with Gasteiger partial charge >= 0.3 is 5.92 Å². The van der Waals surface area contributed by atoms with Crippen LogP contribution in [0, 0.1) is 11.6 Å². The summed E-state index contributed by atoms with van der Waals surface area (Å²) < 4.78 is 62.2. The zero-order valence-corrected chi connectivity index (χ0v) is 13.7. The molecule has 1 aliphatic heterocycles. The number of alkyl halides is 2. The van der Waals surface area contributed by atoms with Crippen molar-refractivity contribution in [1.29, 1.82) is 0 Å². The Hall–Kier alpha value is -1.15. The van der Waals surface area contributed by atoms with Crippen molar-refractivity contribution in [2.75, 3.05) is 6.61 Å². The number of nitrogens with one attached hydrogen (secondary N) is 1. The van der Waals surface area contributed by atoms with Gasteiger partial charge < -0.3 is 10.1 Å². The van der Waals surface area contributed by atoms with Gasteiger partial charge in [-0.15, -0.1) is 0 Å². The number of carbonyl (C=O) groups is 1. The molecule has 0 aliphatic carbocycles. The second-order valence-corrected chi connectivity index (χ2v) is 6.65. The van der Waals surface area contributed by atoms with Crippen LogP contribution in [-0.2, 0) is 15.1 Å². The van der Waals surface area contributed by atoms with Crippen LogP contribution in [0.3, 0.4) is 0 Å². The quantitative estimate of drug-likeness (QED) is 0.595. The van der Waals surface area contributed by atoms with Crippen LogP contribution in [0.5, 0.6) is 0 Å². The van der Waals surface area contributed by atoms with E-state index in [2.05, 4.69) is 21.2 Å². The molecule has 1 amide bonds. The van der Waals surface area contributed by atoms with Crippen LogP contribution in [0.2, 0.25) is 0 Å². The van der Waals surface area contributed by atoms with Crippen molar-refractivity contribution < 1.29 is 27.1 Å². The Morgan fingerprint density at radius 3 is 2.36 bits per heavy atom. The third kappa shape index (κ3) is 2.42. The monoisotopic (exact) mass is 383 g/mol. The zero-order chi connectivity index (χ0) is 16.9. The Balaban J connectivity index is 2.72. The van der Waals surface area contributed by atoms with Gasteiger partial charge in [0.05, 0.1) is 4.47 Å². The van der Waals surface area contributed by atoms with Crippen molar-refractivity contribution in [3.05, 3.63) is 33.8 Å². The van der Waals surface area contributed by atoms with Crippen molar-refractivity contribution in [1.82, 2.24) is 5.32 Å². The molecule has 1 heterocycles. The molecule has 1 fully saturated rings. The predicted molar refractivity (Wildman–Crippen MR) is 74.5 cm³/mol. The van der Waals surface area contributed by atoms with Crippen molar-refractivity contribution in [2.45, 2.75) is 37.8 Å². The first-order valence-electron chi connectivity index (χ1n) is 6.40. The number of ether oxygens (including phenoxy) is 1. The molecule has 2 rings (SSSR count). The SMILES string of the molecule is CC1(C)OCC(=O)N[C@](C)(c2cc(Br)c(F)cc2F)C1(F)F. The molecule has 0 bridgehead atoms. The summed E-state index contributed by atoms with van der Waals surface area (Å²) in [5, 5.41) is 2.11. The molecule has 0 unspecified atom stereocenters.